The van der Waals surface area contributed by atoms with E-state index in [4.69, 9.17) is 0 Å². The highest BCUT2D eigenvalue weighted by Gasteiger charge is 2.09. The zero-order valence-electron chi connectivity index (χ0n) is 6.69. The molecule has 0 aromatic rings. The minimum absolute atomic E-state index is 1.06. The Bertz CT molecular complexity index is 204. The van der Waals surface area contributed by atoms with Gasteiger partial charge in [-0.3, -0.25) is 0 Å². The standard InChI is InChI=1S/C9H14N2/c1-2-4-9-8(3-1)7-10-5-6-11-9/h2,4,10-11H,1,3,5-7H2. The Morgan fingerprint density at radius 1 is 1.27 bits per heavy atom. The smallest absolute Gasteiger partial charge is 0.0342 e. The van der Waals surface area contributed by atoms with Crippen LogP contribution in [0.5, 0.6) is 0 Å². The fourth-order valence-corrected chi connectivity index (χ4v) is 1.60. The topological polar surface area (TPSA) is 24.1 Å². The van der Waals surface area contributed by atoms with E-state index in [1.165, 1.54) is 18.5 Å². The molecule has 1 aliphatic carbocycles. The van der Waals surface area contributed by atoms with Gasteiger partial charge in [0.1, 0.15) is 0 Å². The van der Waals surface area contributed by atoms with Crippen molar-refractivity contribution in [3.63, 3.8) is 0 Å². The molecule has 2 nitrogen and oxygen atoms in total. The maximum Gasteiger partial charge on any atom is 0.0342 e. The molecule has 0 aromatic heterocycles. The molecule has 1 heterocycles. The third kappa shape index (κ3) is 1.46. The summed E-state index contributed by atoms with van der Waals surface area (Å²) in [5.41, 5.74) is 2.91. The molecule has 0 aromatic carbocycles. The minimum atomic E-state index is 1.06. The molecule has 2 rings (SSSR count). The molecule has 0 fully saturated rings. The van der Waals surface area contributed by atoms with Gasteiger partial charge in [-0.1, -0.05) is 6.08 Å². The molecule has 0 bridgehead atoms. The highest BCUT2D eigenvalue weighted by Crippen LogP contribution is 2.16. The van der Waals surface area contributed by atoms with Crippen LogP contribution in [0, 0.1) is 0 Å². The van der Waals surface area contributed by atoms with Gasteiger partial charge in [-0.2, -0.15) is 0 Å². The number of rotatable bonds is 0. The van der Waals surface area contributed by atoms with E-state index >= 15 is 0 Å². The van der Waals surface area contributed by atoms with E-state index in [1.54, 1.807) is 5.57 Å². The van der Waals surface area contributed by atoms with Crippen LogP contribution >= 0.6 is 0 Å². The van der Waals surface area contributed by atoms with Crippen molar-refractivity contribution in [3.05, 3.63) is 23.4 Å². The summed E-state index contributed by atoms with van der Waals surface area (Å²) in [7, 11) is 0. The molecule has 60 valence electrons. The Labute approximate surface area is 67.4 Å². The zero-order chi connectivity index (χ0) is 7.52. The summed E-state index contributed by atoms with van der Waals surface area (Å²) in [6, 6.07) is 0. The number of allylic oxidation sites excluding steroid dienone is 2. The van der Waals surface area contributed by atoms with Crippen molar-refractivity contribution in [3.8, 4) is 0 Å². The van der Waals surface area contributed by atoms with E-state index in [2.05, 4.69) is 22.8 Å². The second-order valence-corrected chi connectivity index (χ2v) is 3.06. The summed E-state index contributed by atoms with van der Waals surface area (Å²) in [6.45, 7) is 3.22. The van der Waals surface area contributed by atoms with Crippen molar-refractivity contribution in [2.75, 3.05) is 19.6 Å². The molecular formula is C9H14N2. The molecule has 0 atom stereocenters. The Morgan fingerprint density at radius 2 is 2.27 bits per heavy atom. The van der Waals surface area contributed by atoms with Gasteiger partial charge in [-0.25, -0.2) is 0 Å². The Morgan fingerprint density at radius 3 is 3.27 bits per heavy atom. The maximum atomic E-state index is 3.41. The van der Waals surface area contributed by atoms with E-state index in [0.717, 1.165) is 19.6 Å². The molecule has 0 saturated carbocycles. The van der Waals surface area contributed by atoms with E-state index < -0.39 is 0 Å². The van der Waals surface area contributed by atoms with Crippen LogP contribution < -0.4 is 10.6 Å². The summed E-state index contributed by atoms with van der Waals surface area (Å²) in [4.78, 5) is 0. The quantitative estimate of drug-likeness (QED) is 0.533. The average molecular weight is 150 g/mol. The van der Waals surface area contributed by atoms with Crippen LogP contribution in [0.1, 0.15) is 12.8 Å². The first-order valence-electron chi connectivity index (χ1n) is 4.30. The predicted octanol–water partition coefficient (Wildman–Crippen LogP) is 0.783. The molecule has 2 N–H and O–H groups in total. The molecular weight excluding hydrogens is 136 g/mol. The van der Waals surface area contributed by atoms with Crippen molar-refractivity contribution >= 4 is 0 Å². The van der Waals surface area contributed by atoms with E-state index in [-0.39, 0.29) is 0 Å². The average Bonchev–Trinajstić information content (AvgIpc) is 2.28. The van der Waals surface area contributed by atoms with Gasteiger partial charge in [0.05, 0.1) is 0 Å². The lowest BCUT2D eigenvalue weighted by Gasteiger charge is -2.13. The second kappa shape index (κ2) is 3.09. The summed E-state index contributed by atoms with van der Waals surface area (Å²) >= 11 is 0. The molecule has 2 aliphatic rings. The summed E-state index contributed by atoms with van der Waals surface area (Å²) < 4.78 is 0. The third-order valence-electron chi connectivity index (χ3n) is 2.23. The van der Waals surface area contributed by atoms with Crippen LogP contribution in [0.25, 0.3) is 0 Å². The summed E-state index contributed by atoms with van der Waals surface area (Å²) in [5, 5.41) is 6.81. The zero-order valence-corrected chi connectivity index (χ0v) is 6.69. The highest BCUT2D eigenvalue weighted by molar-refractivity contribution is 5.29. The molecule has 0 amide bonds. The van der Waals surface area contributed by atoms with E-state index in [9.17, 15) is 0 Å². The van der Waals surface area contributed by atoms with Crippen LogP contribution in [0.4, 0.5) is 0 Å². The van der Waals surface area contributed by atoms with Gasteiger partial charge in [-0.15, -0.1) is 0 Å². The molecule has 0 spiro atoms. The van der Waals surface area contributed by atoms with Gasteiger partial charge in [0, 0.05) is 25.3 Å². The van der Waals surface area contributed by atoms with E-state index in [1.807, 2.05) is 0 Å². The summed E-state index contributed by atoms with van der Waals surface area (Å²) in [5.74, 6) is 0. The Kier molecular flexibility index (Phi) is 1.95. The van der Waals surface area contributed by atoms with Gasteiger partial charge >= 0.3 is 0 Å². The van der Waals surface area contributed by atoms with Crippen molar-refractivity contribution < 1.29 is 0 Å². The second-order valence-electron chi connectivity index (χ2n) is 3.06. The van der Waals surface area contributed by atoms with Crippen LogP contribution in [0.15, 0.2) is 23.4 Å². The predicted molar refractivity (Wildman–Crippen MR) is 46.3 cm³/mol. The fourth-order valence-electron chi connectivity index (χ4n) is 1.60. The van der Waals surface area contributed by atoms with Gasteiger partial charge < -0.3 is 10.6 Å². The van der Waals surface area contributed by atoms with Crippen LogP contribution in [-0.4, -0.2) is 19.6 Å². The van der Waals surface area contributed by atoms with Crippen LogP contribution in [0.2, 0.25) is 0 Å². The number of hydrogen-bond donors (Lipinski definition) is 2. The molecule has 1 aliphatic heterocycles. The van der Waals surface area contributed by atoms with Gasteiger partial charge in [0.15, 0.2) is 0 Å². The molecule has 2 heteroatoms. The Hall–Kier alpha value is -0.760. The third-order valence-corrected chi connectivity index (χ3v) is 2.23. The van der Waals surface area contributed by atoms with Crippen LogP contribution in [0.3, 0.4) is 0 Å². The van der Waals surface area contributed by atoms with Gasteiger partial charge in [0.2, 0.25) is 0 Å². The molecule has 0 unspecified atom stereocenters. The van der Waals surface area contributed by atoms with Crippen LogP contribution in [-0.2, 0) is 0 Å². The number of nitrogens with one attached hydrogen (secondary N) is 2. The lowest BCUT2D eigenvalue weighted by Crippen LogP contribution is -2.22. The number of hydrogen-bond acceptors (Lipinski definition) is 2. The van der Waals surface area contributed by atoms with Crippen molar-refractivity contribution in [1.29, 1.82) is 0 Å². The van der Waals surface area contributed by atoms with Crippen molar-refractivity contribution in [1.82, 2.24) is 10.6 Å². The summed E-state index contributed by atoms with van der Waals surface area (Å²) in [6.07, 6.45) is 6.90. The SMILES string of the molecule is C1=CC2=C(CC1)CNCCN2. The first-order chi connectivity index (χ1) is 5.47. The van der Waals surface area contributed by atoms with Gasteiger partial charge in [0.25, 0.3) is 0 Å². The van der Waals surface area contributed by atoms with Gasteiger partial charge in [-0.05, 0) is 24.5 Å². The Balaban J connectivity index is 2.17. The van der Waals surface area contributed by atoms with E-state index in [0.29, 0.717) is 0 Å². The molecule has 11 heavy (non-hydrogen) atoms. The molecule has 0 radical (unpaired) electrons. The largest absolute Gasteiger partial charge is 0.384 e. The normalized spacial score (nSPS) is 24.0. The van der Waals surface area contributed by atoms with Crippen molar-refractivity contribution in [2.45, 2.75) is 12.8 Å². The lowest BCUT2D eigenvalue weighted by molar-refractivity contribution is 0.717. The highest BCUT2D eigenvalue weighted by atomic mass is 15.0. The first-order valence-corrected chi connectivity index (χ1v) is 4.30. The lowest BCUT2D eigenvalue weighted by atomic mass is 10.0. The first kappa shape index (κ1) is 6.92. The minimum Gasteiger partial charge on any atom is -0.384 e. The monoisotopic (exact) mass is 150 g/mol. The fraction of sp³-hybridized carbons (Fsp3) is 0.556. The van der Waals surface area contributed by atoms with Crippen molar-refractivity contribution in [2.24, 2.45) is 0 Å². The maximum absolute atomic E-state index is 3.41. The molecule has 0 saturated heterocycles.